The van der Waals surface area contributed by atoms with E-state index in [4.69, 9.17) is 4.74 Å². The van der Waals surface area contributed by atoms with Crippen molar-refractivity contribution in [2.24, 2.45) is 7.05 Å². The standard InChI is InChI=1S/C18H29N5O3/c1-14(2)23-16(24)18(22(17(23)25)9-10-26-4)5-7-21(8-6-18)13-15-11-19-20(3)12-15/h11-12,14H,5-10,13H2,1-4H3. The van der Waals surface area contributed by atoms with Gasteiger partial charge in [0.1, 0.15) is 5.54 Å². The Morgan fingerprint density at radius 3 is 2.50 bits per heavy atom. The Bertz CT molecular complexity index is 664. The molecule has 3 rings (SSSR count). The molecular weight excluding hydrogens is 334 g/mol. The molecule has 0 aromatic carbocycles. The van der Waals surface area contributed by atoms with Crippen LogP contribution < -0.4 is 0 Å². The number of aromatic nitrogens is 2. The summed E-state index contributed by atoms with van der Waals surface area (Å²) in [6, 6.07) is -0.310. The number of carbonyl (C=O) groups excluding carboxylic acids is 2. The summed E-state index contributed by atoms with van der Waals surface area (Å²) in [5, 5.41) is 4.21. The van der Waals surface area contributed by atoms with Crippen LogP contribution in [0.25, 0.3) is 0 Å². The summed E-state index contributed by atoms with van der Waals surface area (Å²) in [5.74, 6) is -0.0466. The van der Waals surface area contributed by atoms with Crippen LogP contribution in [0.3, 0.4) is 0 Å². The molecule has 8 heteroatoms. The Kier molecular flexibility index (Phi) is 5.34. The lowest BCUT2D eigenvalue weighted by molar-refractivity contribution is -0.136. The lowest BCUT2D eigenvalue weighted by atomic mass is 9.85. The number of hydrogen-bond donors (Lipinski definition) is 0. The molecule has 2 aliphatic heterocycles. The maximum absolute atomic E-state index is 13.2. The first-order valence-corrected chi connectivity index (χ1v) is 9.23. The number of piperidine rings is 1. The fraction of sp³-hybridized carbons (Fsp3) is 0.722. The van der Waals surface area contributed by atoms with Gasteiger partial charge in [-0.1, -0.05) is 0 Å². The van der Waals surface area contributed by atoms with Gasteiger partial charge in [0, 0.05) is 58.1 Å². The van der Waals surface area contributed by atoms with E-state index in [1.54, 1.807) is 16.7 Å². The number of amides is 3. The van der Waals surface area contributed by atoms with Gasteiger partial charge in [-0.2, -0.15) is 5.10 Å². The maximum atomic E-state index is 13.2. The predicted molar refractivity (Wildman–Crippen MR) is 96.4 cm³/mol. The Morgan fingerprint density at radius 2 is 1.96 bits per heavy atom. The summed E-state index contributed by atoms with van der Waals surface area (Å²) in [6.07, 6.45) is 5.20. The highest BCUT2D eigenvalue weighted by Gasteiger charge is 2.58. The molecule has 144 valence electrons. The number of imide groups is 1. The molecular formula is C18H29N5O3. The van der Waals surface area contributed by atoms with E-state index in [9.17, 15) is 9.59 Å². The summed E-state index contributed by atoms with van der Waals surface area (Å²) in [6.45, 7) is 7.05. The monoisotopic (exact) mass is 363 g/mol. The van der Waals surface area contributed by atoms with Crippen molar-refractivity contribution in [3.8, 4) is 0 Å². The largest absolute Gasteiger partial charge is 0.383 e. The van der Waals surface area contributed by atoms with Crippen molar-refractivity contribution in [1.29, 1.82) is 0 Å². The number of ether oxygens (including phenoxy) is 1. The van der Waals surface area contributed by atoms with E-state index in [0.717, 1.165) is 25.2 Å². The third kappa shape index (κ3) is 3.23. The molecule has 1 aromatic heterocycles. The Balaban J connectivity index is 1.74. The lowest BCUT2D eigenvalue weighted by Gasteiger charge is -2.42. The fourth-order valence-electron chi connectivity index (χ4n) is 4.06. The molecule has 2 saturated heterocycles. The van der Waals surface area contributed by atoms with E-state index in [0.29, 0.717) is 26.0 Å². The summed E-state index contributed by atoms with van der Waals surface area (Å²) in [7, 11) is 3.53. The van der Waals surface area contributed by atoms with E-state index in [1.807, 2.05) is 33.3 Å². The summed E-state index contributed by atoms with van der Waals surface area (Å²) in [5.41, 5.74) is 0.447. The Labute approximate surface area is 154 Å². The minimum Gasteiger partial charge on any atom is -0.383 e. The molecule has 1 aromatic rings. The zero-order valence-electron chi connectivity index (χ0n) is 16.1. The molecule has 0 radical (unpaired) electrons. The van der Waals surface area contributed by atoms with Crippen LogP contribution in [-0.2, 0) is 23.1 Å². The second-order valence-corrected chi connectivity index (χ2v) is 7.53. The molecule has 0 N–H and O–H groups in total. The van der Waals surface area contributed by atoms with E-state index in [1.165, 1.54) is 4.90 Å². The van der Waals surface area contributed by atoms with Crippen LogP contribution in [0, 0.1) is 0 Å². The molecule has 2 aliphatic rings. The van der Waals surface area contributed by atoms with Crippen LogP contribution in [-0.4, -0.2) is 81.4 Å². The van der Waals surface area contributed by atoms with Gasteiger partial charge in [0.25, 0.3) is 5.91 Å². The SMILES string of the molecule is COCCN1C(=O)N(C(C)C)C(=O)C12CCN(Cc1cnn(C)c1)CC2. The van der Waals surface area contributed by atoms with Gasteiger partial charge >= 0.3 is 6.03 Å². The molecule has 3 heterocycles. The highest BCUT2D eigenvalue weighted by molar-refractivity contribution is 6.07. The van der Waals surface area contributed by atoms with Crippen LogP contribution in [0.1, 0.15) is 32.3 Å². The summed E-state index contributed by atoms with van der Waals surface area (Å²) in [4.78, 5) is 31.5. The van der Waals surface area contributed by atoms with E-state index in [2.05, 4.69) is 10.00 Å². The molecule has 0 bridgehead atoms. The van der Waals surface area contributed by atoms with Crippen molar-refractivity contribution in [3.63, 3.8) is 0 Å². The first-order valence-electron chi connectivity index (χ1n) is 9.23. The van der Waals surface area contributed by atoms with Crippen molar-refractivity contribution >= 4 is 11.9 Å². The molecule has 2 fully saturated rings. The third-order valence-electron chi connectivity index (χ3n) is 5.45. The number of aryl methyl sites for hydroxylation is 1. The molecule has 0 unspecified atom stereocenters. The number of urea groups is 1. The van der Waals surface area contributed by atoms with Crippen molar-refractivity contribution < 1.29 is 14.3 Å². The highest BCUT2D eigenvalue weighted by atomic mass is 16.5. The van der Waals surface area contributed by atoms with Crippen LogP contribution in [0.2, 0.25) is 0 Å². The minimum absolute atomic E-state index is 0.0466. The number of methoxy groups -OCH3 is 1. The Hall–Kier alpha value is -1.93. The molecule has 0 atom stereocenters. The van der Waals surface area contributed by atoms with Gasteiger partial charge < -0.3 is 9.64 Å². The van der Waals surface area contributed by atoms with Gasteiger partial charge in [0.05, 0.1) is 12.8 Å². The van der Waals surface area contributed by atoms with E-state index >= 15 is 0 Å². The summed E-state index contributed by atoms with van der Waals surface area (Å²) < 4.78 is 6.97. The predicted octanol–water partition coefficient (Wildman–Crippen LogP) is 1.07. The second kappa shape index (κ2) is 7.36. The van der Waals surface area contributed by atoms with Gasteiger partial charge in [0.15, 0.2) is 0 Å². The number of carbonyl (C=O) groups is 2. The molecule has 26 heavy (non-hydrogen) atoms. The van der Waals surface area contributed by atoms with Crippen LogP contribution in [0.15, 0.2) is 12.4 Å². The zero-order valence-corrected chi connectivity index (χ0v) is 16.1. The van der Waals surface area contributed by atoms with E-state index < -0.39 is 5.54 Å². The number of hydrogen-bond acceptors (Lipinski definition) is 5. The quantitative estimate of drug-likeness (QED) is 0.707. The summed E-state index contributed by atoms with van der Waals surface area (Å²) >= 11 is 0. The smallest absolute Gasteiger partial charge is 0.327 e. The molecule has 3 amide bonds. The van der Waals surface area contributed by atoms with Crippen LogP contribution >= 0.6 is 0 Å². The third-order valence-corrected chi connectivity index (χ3v) is 5.45. The lowest BCUT2D eigenvalue weighted by Crippen LogP contribution is -2.57. The average molecular weight is 363 g/mol. The fourth-order valence-corrected chi connectivity index (χ4v) is 4.06. The van der Waals surface area contributed by atoms with Crippen molar-refractivity contribution in [3.05, 3.63) is 18.0 Å². The van der Waals surface area contributed by atoms with Crippen LogP contribution in [0.4, 0.5) is 4.79 Å². The molecule has 0 aliphatic carbocycles. The number of likely N-dealkylation sites (tertiary alicyclic amines) is 1. The van der Waals surface area contributed by atoms with Crippen LogP contribution in [0.5, 0.6) is 0 Å². The minimum atomic E-state index is -0.717. The topological polar surface area (TPSA) is 70.9 Å². The van der Waals surface area contributed by atoms with Crippen molar-refractivity contribution in [1.82, 2.24) is 24.5 Å². The zero-order chi connectivity index (χ0) is 18.9. The Morgan fingerprint density at radius 1 is 1.27 bits per heavy atom. The van der Waals surface area contributed by atoms with Gasteiger partial charge in [-0.15, -0.1) is 0 Å². The first kappa shape index (κ1) is 18.8. The highest BCUT2D eigenvalue weighted by Crippen LogP contribution is 2.38. The maximum Gasteiger partial charge on any atom is 0.327 e. The van der Waals surface area contributed by atoms with Gasteiger partial charge in [-0.25, -0.2) is 4.79 Å². The number of rotatable bonds is 6. The van der Waals surface area contributed by atoms with Gasteiger partial charge in [-0.3, -0.25) is 19.3 Å². The number of nitrogens with zero attached hydrogens (tertiary/aromatic N) is 5. The van der Waals surface area contributed by atoms with Crippen molar-refractivity contribution in [2.75, 3.05) is 33.4 Å². The first-order chi connectivity index (χ1) is 12.4. The molecule has 0 saturated carbocycles. The normalized spacial score (nSPS) is 20.8. The molecule has 8 nitrogen and oxygen atoms in total. The van der Waals surface area contributed by atoms with Gasteiger partial charge in [0.2, 0.25) is 0 Å². The van der Waals surface area contributed by atoms with E-state index in [-0.39, 0.29) is 18.0 Å². The molecule has 1 spiro atoms. The van der Waals surface area contributed by atoms with Crippen molar-refractivity contribution in [2.45, 2.75) is 44.8 Å². The average Bonchev–Trinajstić information content (AvgIpc) is 3.08. The second-order valence-electron chi connectivity index (χ2n) is 7.53. The van der Waals surface area contributed by atoms with Gasteiger partial charge in [-0.05, 0) is 26.7 Å².